The zero-order valence-electron chi connectivity index (χ0n) is 25.1. The lowest BCUT2D eigenvalue weighted by Crippen LogP contribution is -2.27. The zero-order valence-corrected chi connectivity index (χ0v) is 25.1. The number of hydrogen-bond acceptors (Lipinski definition) is 0. The molecule has 0 atom stereocenters. The molecular weight excluding hydrogens is 518 g/mol. The highest BCUT2D eigenvalue weighted by molar-refractivity contribution is 6.14. The van der Waals surface area contributed by atoms with Crippen molar-refractivity contribution in [3.05, 3.63) is 150 Å². The van der Waals surface area contributed by atoms with Gasteiger partial charge >= 0.3 is 0 Å². The lowest BCUT2D eigenvalue weighted by atomic mass is 9.72. The molecule has 7 aromatic rings. The van der Waals surface area contributed by atoms with E-state index in [9.17, 15) is 0 Å². The van der Waals surface area contributed by atoms with Crippen LogP contribution in [0, 0.1) is 0 Å². The molecule has 1 aliphatic heterocycles. The maximum absolute atomic E-state index is 2.57. The Kier molecular flexibility index (Phi) is 4.80. The number of nitrogens with zero attached hydrogens (tertiary/aromatic N) is 1. The molecule has 0 bridgehead atoms. The first-order chi connectivity index (χ1) is 20.8. The highest BCUT2D eigenvalue weighted by Crippen LogP contribution is 2.55. The second kappa shape index (κ2) is 8.36. The molecule has 0 saturated carbocycles. The first-order valence-electron chi connectivity index (χ1n) is 15.4. The summed E-state index contributed by atoms with van der Waals surface area (Å²) < 4.78 is 2.57. The Hall–Kier alpha value is -4.88. The van der Waals surface area contributed by atoms with Crippen molar-refractivity contribution in [2.75, 3.05) is 0 Å². The minimum absolute atomic E-state index is 0.0505. The van der Waals surface area contributed by atoms with Gasteiger partial charge in [-0.25, -0.2) is 0 Å². The van der Waals surface area contributed by atoms with E-state index in [0.717, 1.165) is 0 Å². The van der Waals surface area contributed by atoms with Crippen molar-refractivity contribution in [2.45, 2.75) is 38.5 Å². The highest BCUT2D eigenvalue weighted by atomic mass is 15.0. The van der Waals surface area contributed by atoms with Gasteiger partial charge in [0.1, 0.15) is 0 Å². The van der Waals surface area contributed by atoms with Gasteiger partial charge in [0.15, 0.2) is 0 Å². The topological polar surface area (TPSA) is 4.93 Å². The maximum Gasteiger partial charge on any atom is 0.0582 e. The van der Waals surface area contributed by atoms with Crippen molar-refractivity contribution in [1.29, 1.82) is 0 Å². The summed E-state index contributed by atoms with van der Waals surface area (Å²) in [4.78, 5) is 0. The predicted molar refractivity (Wildman–Crippen MR) is 181 cm³/mol. The number of hydrogen-bond donors (Lipinski definition) is 0. The van der Waals surface area contributed by atoms with Gasteiger partial charge in [0.2, 0.25) is 0 Å². The number of rotatable bonds is 2. The predicted octanol–water partition coefficient (Wildman–Crippen LogP) is 11.1. The van der Waals surface area contributed by atoms with E-state index in [1.807, 2.05) is 0 Å². The molecule has 0 radical (unpaired) electrons. The van der Waals surface area contributed by atoms with Crippen LogP contribution in [0.3, 0.4) is 0 Å². The van der Waals surface area contributed by atoms with Gasteiger partial charge < -0.3 is 4.57 Å². The average molecular weight is 552 g/mol. The summed E-state index contributed by atoms with van der Waals surface area (Å²) in [6, 6.07) is 47.6. The monoisotopic (exact) mass is 551 g/mol. The maximum atomic E-state index is 2.57. The quantitative estimate of drug-likeness (QED) is 0.201. The van der Waals surface area contributed by atoms with Crippen LogP contribution < -0.4 is 0 Å². The van der Waals surface area contributed by atoms with Gasteiger partial charge in [-0.05, 0) is 92.0 Å². The molecule has 0 unspecified atom stereocenters. The molecule has 1 aromatic heterocycles. The SMILES string of the molecule is CC1(C)c2ccccc2-c2cc3c(cc21)-n1c2ccc(-c4ccccc4)cc2c2cc(-c4ccccc4)cc(c21)C3(C)C. The molecule has 6 aromatic carbocycles. The van der Waals surface area contributed by atoms with E-state index in [1.54, 1.807) is 0 Å². The van der Waals surface area contributed by atoms with Crippen molar-refractivity contribution in [3.63, 3.8) is 0 Å². The third kappa shape index (κ3) is 3.23. The van der Waals surface area contributed by atoms with Gasteiger partial charge in [-0.1, -0.05) is 119 Å². The molecule has 206 valence electrons. The van der Waals surface area contributed by atoms with Crippen LogP contribution in [-0.4, -0.2) is 4.57 Å². The Labute approximate surface area is 253 Å². The van der Waals surface area contributed by atoms with E-state index in [4.69, 9.17) is 0 Å². The molecule has 1 heteroatoms. The molecule has 9 rings (SSSR count). The van der Waals surface area contributed by atoms with Crippen LogP contribution in [0.4, 0.5) is 0 Å². The van der Waals surface area contributed by atoms with Crippen LogP contribution in [0.2, 0.25) is 0 Å². The summed E-state index contributed by atoms with van der Waals surface area (Å²) >= 11 is 0. The number of benzene rings is 6. The van der Waals surface area contributed by atoms with Gasteiger partial charge in [0.25, 0.3) is 0 Å². The van der Waals surface area contributed by atoms with E-state index in [-0.39, 0.29) is 10.8 Å². The fourth-order valence-electron chi connectivity index (χ4n) is 8.05. The first-order valence-corrected chi connectivity index (χ1v) is 15.4. The molecule has 1 aliphatic carbocycles. The third-order valence-corrected chi connectivity index (χ3v) is 10.4. The third-order valence-electron chi connectivity index (χ3n) is 10.4. The van der Waals surface area contributed by atoms with Crippen LogP contribution in [0.1, 0.15) is 49.9 Å². The summed E-state index contributed by atoms with van der Waals surface area (Å²) in [5, 5.41) is 2.63. The van der Waals surface area contributed by atoms with Crippen molar-refractivity contribution < 1.29 is 0 Å². The zero-order chi connectivity index (χ0) is 29.1. The highest BCUT2D eigenvalue weighted by Gasteiger charge is 2.41. The Morgan fingerprint density at radius 2 is 1.05 bits per heavy atom. The number of fused-ring (bicyclic) bond motifs is 8. The molecule has 0 saturated heterocycles. The summed E-state index contributed by atoms with van der Waals surface area (Å²) in [7, 11) is 0. The van der Waals surface area contributed by atoms with Crippen LogP contribution in [0.15, 0.2) is 127 Å². The minimum Gasteiger partial charge on any atom is -0.309 e. The lowest BCUT2D eigenvalue weighted by molar-refractivity contribution is 0.625. The van der Waals surface area contributed by atoms with Crippen molar-refractivity contribution in [1.82, 2.24) is 4.57 Å². The largest absolute Gasteiger partial charge is 0.309 e. The molecule has 1 nitrogen and oxygen atoms in total. The van der Waals surface area contributed by atoms with E-state index >= 15 is 0 Å². The summed E-state index contributed by atoms with van der Waals surface area (Å²) in [6.45, 7) is 9.61. The van der Waals surface area contributed by atoms with Crippen LogP contribution >= 0.6 is 0 Å². The molecule has 0 N–H and O–H groups in total. The second-order valence-electron chi connectivity index (χ2n) is 13.4. The van der Waals surface area contributed by atoms with E-state index in [2.05, 4.69) is 160 Å². The summed E-state index contributed by atoms with van der Waals surface area (Å²) in [6.07, 6.45) is 0. The van der Waals surface area contributed by atoms with Gasteiger partial charge in [0, 0.05) is 21.6 Å². The Bertz CT molecular complexity index is 2260. The Morgan fingerprint density at radius 3 is 1.79 bits per heavy atom. The first kappa shape index (κ1) is 24.7. The Morgan fingerprint density at radius 1 is 0.419 bits per heavy atom. The number of aromatic nitrogens is 1. The summed E-state index contributed by atoms with van der Waals surface area (Å²) in [5.41, 5.74) is 17.1. The molecular formula is C42H33N. The molecule has 0 spiro atoms. The normalized spacial score (nSPS) is 15.3. The van der Waals surface area contributed by atoms with E-state index in [0.29, 0.717) is 0 Å². The molecule has 43 heavy (non-hydrogen) atoms. The summed E-state index contributed by atoms with van der Waals surface area (Å²) in [5.74, 6) is 0. The lowest BCUT2D eigenvalue weighted by Gasteiger charge is -2.36. The average Bonchev–Trinajstić information content (AvgIpc) is 3.48. The van der Waals surface area contributed by atoms with Crippen molar-refractivity contribution >= 4 is 21.8 Å². The van der Waals surface area contributed by atoms with Crippen molar-refractivity contribution in [2.24, 2.45) is 0 Å². The van der Waals surface area contributed by atoms with Crippen LogP contribution in [-0.2, 0) is 10.8 Å². The minimum atomic E-state index is -0.179. The van der Waals surface area contributed by atoms with E-state index in [1.165, 1.54) is 83.1 Å². The van der Waals surface area contributed by atoms with Gasteiger partial charge in [-0.3, -0.25) is 0 Å². The molecule has 0 amide bonds. The molecule has 2 aliphatic rings. The van der Waals surface area contributed by atoms with Gasteiger partial charge in [-0.15, -0.1) is 0 Å². The molecule has 0 fully saturated rings. The fraction of sp³-hybridized carbons (Fsp3) is 0.143. The fourth-order valence-corrected chi connectivity index (χ4v) is 8.05. The van der Waals surface area contributed by atoms with E-state index < -0.39 is 0 Å². The standard InChI is InChI=1S/C42H33N/c1-41(2)34-18-12-11-17-30(34)31-24-36-39(25-35(31)41)43-38-20-19-28(26-13-7-5-8-14-26)21-32(38)33-22-29(27-15-9-6-10-16-27)23-37(40(33)43)42(36,3)4/h5-25H,1-4H3. The van der Waals surface area contributed by atoms with Gasteiger partial charge in [-0.2, -0.15) is 0 Å². The Balaban J connectivity index is 1.42. The van der Waals surface area contributed by atoms with Crippen molar-refractivity contribution in [3.8, 4) is 39.1 Å². The van der Waals surface area contributed by atoms with Gasteiger partial charge in [0.05, 0.1) is 16.7 Å². The second-order valence-corrected chi connectivity index (χ2v) is 13.4. The molecule has 2 heterocycles. The van der Waals surface area contributed by atoms with Crippen LogP contribution in [0.5, 0.6) is 0 Å². The van der Waals surface area contributed by atoms with Crippen LogP contribution in [0.25, 0.3) is 60.9 Å². The smallest absolute Gasteiger partial charge is 0.0582 e.